The molecule has 0 aliphatic carbocycles. The van der Waals surface area contributed by atoms with Crippen LogP contribution in [0.15, 0.2) is 48.9 Å². The quantitative estimate of drug-likeness (QED) is 0.689. The average molecular weight is 399 g/mol. The molecule has 0 bridgehead atoms. The zero-order valence-electron chi connectivity index (χ0n) is 15.4. The Labute approximate surface area is 162 Å². The van der Waals surface area contributed by atoms with E-state index in [9.17, 15) is 13.2 Å². The number of nitrogens with zero attached hydrogens (tertiary/aromatic N) is 3. The summed E-state index contributed by atoms with van der Waals surface area (Å²) < 4.78 is 25.2. The van der Waals surface area contributed by atoms with Crippen molar-refractivity contribution in [3.05, 3.63) is 48.9 Å². The maximum Gasteiger partial charge on any atom is 0.245 e. The highest BCUT2D eigenvalue weighted by atomic mass is 32.2. The van der Waals surface area contributed by atoms with Crippen LogP contribution in [0.4, 0.5) is 5.69 Å². The molecular weight excluding hydrogens is 378 g/mol. The molecule has 1 fully saturated rings. The van der Waals surface area contributed by atoms with E-state index in [1.54, 1.807) is 18.3 Å². The number of fused-ring (bicyclic) bond motifs is 1. The number of hydrogen-bond donors (Lipinski definition) is 2. The summed E-state index contributed by atoms with van der Waals surface area (Å²) in [6.45, 7) is 1.00. The Hall–Kier alpha value is -2.78. The summed E-state index contributed by atoms with van der Waals surface area (Å²) in [5.74, 6) is 0.136. The molecule has 1 aliphatic rings. The zero-order valence-corrected chi connectivity index (χ0v) is 16.2. The number of nitrogens with one attached hydrogen (secondary N) is 2. The smallest absolute Gasteiger partial charge is 0.245 e. The van der Waals surface area contributed by atoms with Crippen molar-refractivity contribution in [1.82, 2.24) is 19.7 Å². The van der Waals surface area contributed by atoms with Crippen LogP contribution in [0.1, 0.15) is 12.8 Å². The minimum absolute atomic E-state index is 0.268. The fourth-order valence-corrected chi connectivity index (χ4v) is 4.87. The van der Waals surface area contributed by atoms with E-state index in [0.717, 1.165) is 17.5 Å². The van der Waals surface area contributed by atoms with Gasteiger partial charge in [-0.05, 0) is 44.1 Å². The molecule has 146 valence electrons. The third kappa shape index (κ3) is 3.27. The van der Waals surface area contributed by atoms with Gasteiger partial charge in [-0.25, -0.2) is 18.4 Å². The molecule has 2 aromatic heterocycles. The van der Waals surface area contributed by atoms with E-state index in [-0.39, 0.29) is 12.8 Å². The lowest BCUT2D eigenvalue weighted by atomic mass is 9.95. The van der Waals surface area contributed by atoms with E-state index in [1.165, 1.54) is 0 Å². The molecule has 8 nitrogen and oxygen atoms in total. The van der Waals surface area contributed by atoms with Crippen molar-refractivity contribution in [1.29, 1.82) is 0 Å². The third-order valence-electron chi connectivity index (χ3n) is 5.21. The monoisotopic (exact) mass is 399 g/mol. The molecule has 3 aromatic rings. The Morgan fingerprint density at radius 1 is 1.21 bits per heavy atom. The van der Waals surface area contributed by atoms with Gasteiger partial charge in [-0.1, -0.05) is 12.1 Å². The van der Waals surface area contributed by atoms with Gasteiger partial charge in [0.1, 0.15) is 0 Å². The molecular formula is C19H21N5O3S. The Kier molecular flexibility index (Phi) is 4.64. The van der Waals surface area contributed by atoms with Gasteiger partial charge in [0, 0.05) is 36.1 Å². The number of anilines is 1. The molecule has 28 heavy (non-hydrogen) atoms. The van der Waals surface area contributed by atoms with Crippen LogP contribution < -0.4 is 10.6 Å². The molecule has 0 saturated carbocycles. The Morgan fingerprint density at radius 3 is 2.57 bits per heavy atom. The van der Waals surface area contributed by atoms with Gasteiger partial charge < -0.3 is 10.6 Å². The number of rotatable bonds is 4. The summed E-state index contributed by atoms with van der Waals surface area (Å²) in [6, 6.07) is 9.01. The lowest BCUT2D eigenvalue weighted by Crippen LogP contribution is -2.55. The van der Waals surface area contributed by atoms with Gasteiger partial charge >= 0.3 is 0 Å². The molecule has 2 N–H and O–H groups in total. The maximum atomic E-state index is 12.9. The second kappa shape index (κ2) is 6.99. The largest absolute Gasteiger partial charge is 0.325 e. The molecule has 0 unspecified atom stereocenters. The highest BCUT2D eigenvalue weighted by molar-refractivity contribution is 7.92. The predicted molar refractivity (Wildman–Crippen MR) is 107 cm³/mol. The molecule has 1 amide bonds. The number of sulfone groups is 1. The van der Waals surface area contributed by atoms with Crippen molar-refractivity contribution < 1.29 is 13.2 Å². The first kappa shape index (κ1) is 18.6. The normalized spacial score (nSPS) is 16.8. The van der Waals surface area contributed by atoms with Crippen molar-refractivity contribution in [2.75, 3.05) is 24.7 Å². The van der Waals surface area contributed by atoms with Crippen LogP contribution in [-0.2, 0) is 14.6 Å². The van der Waals surface area contributed by atoms with Crippen LogP contribution in [0.5, 0.6) is 0 Å². The molecule has 0 atom stereocenters. The first-order chi connectivity index (χ1) is 13.4. The molecule has 9 heteroatoms. The van der Waals surface area contributed by atoms with Crippen LogP contribution in [0.25, 0.3) is 17.0 Å². The fourth-order valence-electron chi connectivity index (χ4n) is 3.54. The maximum absolute atomic E-state index is 12.9. The number of hydrogen-bond acceptors (Lipinski definition) is 6. The summed E-state index contributed by atoms with van der Waals surface area (Å²) in [6.07, 6.45) is 7.11. The summed E-state index contributed by atoms with van der Waals surface area (Å²) in [7, 11) is -3.54. The molecule has 3 heterocycles. The van der Waals surface area contributed by atoms with E-state index >= 15 is 0 Å². The highest BCUT2D eigenvalue weighted by Crippen LogP contribution is 2.30. The second-order valence-electron chi connectivity index (χ2n) is 7.00. The van der Waals surface area contributed by atoms with Gasteiger partial charge in [0.25, 0.3) is 0 Å². The summed E-state index contributed by atoms with van der Waals surface area (Å²) >= 11 is 0. The number of imidazole rings is 1. The predicted octanol–water partition coefficient (Wildman–Crippen LogP) is 1.50. The standard InChI is InChI=1S/C19H21N5O3S/c1-28(26,27)19(7-10-20-11-8-19)17(25)22-15-5-3-14(4-6-15)16-13-24-12-2-9-21-18(24)23-16/h2-6,9,12-13,20H,7-8,10-11H2,1H3,(H,22,25). The van der Waals surface area contributed by atoms with Gasteiger partial charge in [0.15, 0.2) is 14.6 Å². The van der Waals surface area contributed by atoms with E-state index in [0.29, 0.717) is 24.6 Å². The number of aromatic nitrogens is 3. The molecule has 1 aliphatic heterocycles. The lowest BCUT2D eigenvalue weighted by molar-refractivity contribution is -0.119. The number of benzene rings is 1. The molecule has 1 saturated heterocycles. The van der Waals surface area contributed by atoms with Crippen LogP contribution >= 0.6 is 0 Å². The van der Waals surface area contributed by atoms with E-state index in [1.807, 2.05) is 35.0 Å². The van der Waals surface area contributed by atoms with Crippen LogP contribution in [0.3, 0.4) is 0 Å². The zero-order chi connectivity index (χ0) is 19.8. The number of piperidine rings is 1. The van der Waals surface area contributed by atoms with E-state index < -0.39 is 20.5 Å². The average Bonchev–Trinajstić information content (AvgIpc) is 3.12. The van der Waals surface area contributed by atoms with E-state index in [2.05, 4.69) is 20.6 Å². The van der Waals surface area contributed by atoms with Gasteiger partial charge in [0.05, 0.1) is 5.69 Å². The molecule has 1 aromatic carbocycles. The van der Waals surface area contributed by atoms with Crippen molar-refractivity contribution in [3.8, 4) is 11.3 Å². The first-order valence-corrected chi connectivity index (χ1v) is 10.9. The third-order valence-corrected chi connectivity index (χ3v) is 7.22. The summed E-state index contributed by atoms with van der Waals surface area (Å²) in [5, 5.41) is 5.89. The number of carbonyl (C=O) groups excluding carboxylic acids is 1. The van der Waals surface area contributed by atoms with E-state index in [4.69, 9.17) is 0 Å². The summed E-state index contributed by atoms with van der Waals surface area (Å²) in [5.41, 5.74) is 2.20. The Morgan fingerprint density at radius 2 is 1.93 bits per heavy atom. The van der Waals surface area contributed by atoms with Crippen LogP contribution in [-0.4, -0.2) is 52.8 Å². The number of amides is 1. The van der Waals surface area contributed by atoms with Gasteiger partial charge in [0.2, 0.25) is 11.7 Å². The van der Waals surface area contributed by atoms with Gasteiger partial charge in [-0.15, -0.1) is 0 Å². The SMILES string of the molecule is CS(=O)(=O)C1(C(=O)Nc2ccc(-c3cn4cccnc4n3)cc2)CCNCC1. The Balaban J connectivity index is 1.56. The topological polar surface area (TPSA) is 105 Å². The minimum Gasteiger partial charge on any atom is -0.325 e. The van der Waals surface area contributed by atoms with Crippen molar-refractivity contribution in [2.24, 2.45) is 0 Å². The first-order valence-electron chi connectivity index (χ1n) is 9.01. The Bertz CT molecular complexity index is 1080. The van der Waals surface area contributed by atoms with Gasteiger partial charge in [-0.3, -0.25) is 9.20 Å². The lowest BCUT2D eigenvalue weighted by Gasteiger charge is -2.34. The fraction of sp³-hybridized carbons (Fsp3) is 0.316. The molecule has 4 rings (SSSR count). The summed E-state index contributed by atoms with van der Waals surface area (Å²) in [4.78, 5) is 21.5. The highest BCUT2D eigenvalue weighted by Gasteiger charge is 2.48. The van der Waals surface area contributed by atoms with Gasteiger partial charge in [-0.2, -0.15) is 0 Å². The van der Waals surface area contributed by atoms with Crippen LogP contribution in [0.2, 0.25) is 0 Å². The van der Waals surface area contributed by atoms with Crippen LogP contribution in [0, 0.1) is 0 Å². The molecule has 0 radical (unpaired) electrons. The second-order valence-corrected chi connectivity index (χ2v) is 9.33. The minimum atomic E-state index is -3.54. The van der Waals surface area contributed by atoms with Crippen molar-refractivity contribution in [2.45, 2.75) is 17.6 Å². The van der Waals surface area contributed by atoms with Crippen molar-refractivity contribution in [3.63, 3.8) is 0 Å². The molecule has 0 spiro atoms. The number of carbonyl (C=O) groups is 1. The van der Waals surface area contributed by atoms with Crippen molar-refractivity contribution >= 4 is 27.2 Å².